The molecule has 2 rings (SSSR count). The van der Waals surface area contributed by atoms with Crippen molar-refractivity contribution in [2.24, 2.45) is 5.18 Å². The van der Waals surface area contributed by atoms with Crippen LogP contribution in [0.3, 0.4) is 0 Å². The van der Waals surface area contributed by atoms with Crippen LogP contribution in [0.5, 0.6) is 5.75 Å². The van der Waals surface area contributed by atoms with Crippen LogP contribution >= 0.6 is 0 Å². The maximum atomic E-state index is 11.9. The molecule has 0 saturated carbocycles. The van der Waals surface area contributed by atoms with Crippen LogP contribution in [0.4, 0.5) is 5.69 Å². The SMILES string of the molecule is C#CCC(OO)c1ccc(O[C@H]2CC(OC(C)=O)C[C@@H](C(=O)OC)O2)c(N=O)c1. The van der Waals surface area contributed by atoms with Crippen molar-refractivity contribution >= 4 is 17.6 Å². The van der Waals surface area contributed by atoms with Crippen LogP contribution in [-0.4, -0.2) is 42.8 Å². The summed E-state index contributed by atoms with van der Waals surface area (Å²) < 4.78 is 21.1. The van der Waals surface area contributed by atoms with Crippen LogP contribution in [0, 0.1) is 17.3 Å². The highest BCUT2D eigenvalue weighted by molar-refractivity contribution is 5.74. The van der Waals surface area contributed by atoms with Gasteiger partial charge in [0.05, 0.1) is 7.11 Å². The first-order chi connectivity index (χ1) is 13.9. The van der Waals surface area contributed by atoms with E-state index in [0.29, 0.717) is 5.56 Å². The molecule has 1 heterocycles. The summed E-state index contributed by atoms with van der Waals surface area (Å²) in [5, 5.41) is 11.9. The Labute approximate surface area is 166 Å². The van der Waals surface area contributed by atoms with Gasteiger partial charge in [0.15, 0.2) is 11.9 Å². The van der Waals surface area contributed by atoms with E-state index < -0.39 is 36.5 Å². The normalized spacial score (nSPS) is 22.1. The molecule has 1 aliphatic rings. The molecular formula is C19H21NO9. The van der Waals surface area contributed by atoms with Crippen molar-refractivity contribution in [3.8, 4) is 18.1 Å². The molecule has 2 unspecified atom stereocenters. The third-order valence-electron chi connectivity index (χ3n) is 4.19. The lowest BCUT2D eigenvalue weighted by Crippen LogP contribution is -2.44. The molecular weight excluding hydrogens is 386 g/mol. The summed E-state index contributed by atoms with van der Waals surface area (Å²) in [7, 11) is 1.21. The van der Waals surface area contributed by atoms with E-state index in [1.807, 2.05) is 0 Å². The van der Waals surface area contributed by atoms with Gasteiger partial charge in [0.25, 0.3) is 0 Å². The Morgan fingerprint density at radius 2 is 2.17 bits per heavy atom. The van der Waals surface area contributed by atoms with Gasteiger partial charge >= 0.3 is 11.9 Å². The third kappa shape index (κ3) is 5.99. The summed E-state index contributed by atoms with van der Waals surface area (Å²) >= 11 is 0. The molecule has 1 aliphatic heterocycles. The van der Waals surface area contributed by atoms with Crippen LogP contribution in [0.25, 0.3) is 0 Å². The lowest BCUT2D eigenvalue weighted by Gasteiger charge is -2.33. The van der Waals surface area contributed by atoms with Crippen molar-refractivity contribution in [3.63, 3.8) is 0 Å². The van der Waals surface area contributed by atoms with Crippen molar-refractivity contribution in [2.45, 2.75) is 50.8 Å². The van der Waals surface area contributed by atoms with Gasteiger partial charge in [-0.2, -0.15) is 0 Å². The number of rotatable bonds is 8. The number of terminal acetylenes is 1. The van der Waals surface area contributed by atoms with Crippen LogP contribution in [0.1, 0.15) is 37.9 Å². The zero-order valence-electron chi connectivity index (χ0n) is 15.9. The summed E-state index contributed by atoms with van der Waals surface area (Å²) in [6.07, 6.45) is 2.07. The summed E-state index contributed by atoms with van der Waals surface area (Å²) in [4.78, 5) is 38.7. The molecule has 1 saturated heterocycles. The summed E-state index contributed by atoms with van der Waals surface area (Å²) in [6.45, 7) is 1.25. The fraction of sp³-hybridized carbons (Fsp3) is 0.474. The summed E-state index contributed by atoms with van der Waals surface area (Å²) in [5.74, 6) is 1.26. The third-order valence-corrected chi connectivity index (χ3v) is 4.19. The minimum atomic E-state index is -1.00. The molecule has 29 heavy (non-hydrogen) atoms. The predicted molar refractivity (Wildman–Crippen MR) is 97.9 cm³/mol. The molecule has 1 aromatic rings. The second-order valence-corrected chi connectivity index (χ2v) is 6.22. The van der Waals surface area contributed by atoms with E-state index in [1.54, 1.807) is 0 Å². The predicted octanol–water partition coefficient (Wildman–Crippen LogP) is 2.63. The van der Waals surface area contributed by atoms with Crippen molar-refractivity contribution < 1.29 is 38.7 Å². The number of carbonyl (C=O) groups is 2. The van der Waals surface area contributed by atoms with E-state index in [4.69, 9.17) is 25.9 Å². The smallest absolute Gasteiger partial charge is 0.335 e. The number of hydrogen-bond donors (Lipinski definition) is 1. The Balaban J connectivity index is 2.21. The molecule has 0 aliphatic carbocycles. The molecule has 1 aromatic carbocycles. The molecule has 156 valence electrons. The van der Waals surface area contributed by atoms with Gasteiger partial charge in [-0.3, -0.25) is 10.1 Å². The molecule has 1 fully saturated rings. The molecule has 10 nitrogen and oxygen atoms in total. The lowest BCUT2D eigenvalue weighted by molar-refractivity contribution is -0.280. The van der Waals surface area contributed by atoms with Crippen LogP contribution in [0.2, 0.25) is 0 Å². The maximum absolute atomic E-state index is 11.9. The van der Waals surface area contributed by atoms with Gasteiger partial charge in [-0.1, -0.05) is 6.07 Å². The lowest BCUT2D eigenvalue weighted by atomic mass is 10.0. The van der Waals surface area contributed by atoms with Crippen molar-refractivity contribution in [1.82, 2.24) is 0 Å². The number of nitrogens with zero attached hydrogens (tertiary/aromatic N) is 1. The summed E-state index contributed by atoms with van der Waals surface area (Å²) in [5.41, 5.74) is 0.330. The average molecular weight is 407 g/mol. The highest BCUT2D eigenvalue weighted by Gasteiger charge is 2.37. The zero-order chi connectivity index (χ0) is 21.4. The van der Waals surface area contributed by atoms with Gasteiger partial charge in [0, 0.05) is 26.2 Å². The Hall–Kier alpha value is -3.00. The van der Waals surface area contributed by atoms with Gasteiger partial charge in [-0.05, 0) is 22.9 Å². The fourth-order valence-electron chi connectivity index (χ4n) is 2.90. The first kappa shape index (κ1) is 22.3. The number of methoxy groups -OCH3 is 1. The Morgan fingerprint density at radius 1 is 1.41 bits per heavy atom. The topological polar surface area (TPSA) is 130 Å². The highest BCUT2D eigenvalue weighted by atomic mass is 17.1. The molecule has 0 radical (unpaired) electrons. The first-order valence-electron chi connectivity index (χ1n) is 8.69. The maximum Gasteiger partial charge on any atom is 0.335 e. The average Bonchev–Trinajstić information content (AvgIpc) is 2.71. The van der Waals surface area contributed by atoms with Gasteiger partial charge < -0.3 is 18.9 Å². The number of ether oxygens (including phenoxy) is 4. The fourth-order valence-corrected chi connectivity index (χ4v) is 2.90. The van der Waals surface area contributed by atoms with Gasteiger partial charge in [-0.15, -0.1) is 17.3 Å². The molecule has 4 atom stereocenters. The van der Waals surface area contributed by atoms with Gasteiger partial charge in [0.2, 0.25) is 6.29 Å². The van der Waals surface area contributed by atoms with Gasteiger partial charge in [-0.25, -0.2) is 9.68 Å². The van der Waals surface area contributed by atoms with Crippen LogP contribution in [-0.2, 0) is 28.7 Å². The second-order valence-electron chi connectivity index (χ2n) is 6.22. The first-order valence-corrected chi connectivity index (χ1v) is 8.69. The van der Waals surface area contributed by atoms with E-state index in [1.165, 1.54) is 32.2 Å². The van der Waals surface area contributed by atoms with Crippen molar-refractivity contribution in [2.75, 3.05) is 7.11 Å². The monoisotopic (exact) mass is 407 g/mol. The Bertz CT molecular complexity index is 788. The van der Waals surface area contributed by atoms with Crippen molar-refractivity contribution in [1.29, 1.82) is 0 Å². The van der Waals surface area contributed by atoms with E-state index in [0.717, 1.165) is 0 Å². The quantitative estimate of drug-likeness (QED) is 0.227. The molecule has 0 aromatic heterocycles. The zero-order valence-corrected chi connectivity index (χ0v) is 15.9. The van der Waals surface area contributed by atoms with E-state index in [-0.39, 0.29) is 30.7 Å². The second kappa shape index (κ2) is 10.5. The van der Waals surface area contributed by atoms with Gasteiger partial charge in [0.1, 0.15) is 17.9 Å². The number of benzene rings is 1. The molecule has 0 bridgehead atoms. The molecule has 1 N–H and O–H groups in total. The number of esters is 2. The minimum absolute atomic E-state index is 0.0678. The number of nitroso groups, excluding NO2 is 1. The summed E-state index contributed by atoms with van der Waals surface area (Å²) in [6, 6.07) is 4.32. The Morgan fingerprint density at radius 3 is 2.76 bits per heavy atom. The molecule has 0 amide bonds. The molecule has 0 spiro atoms. The number of hydrogen-bond acceptors (Lipinski definition) is 10. The molecule has 10 heteroatoms. The minimum Gasteiger partial charge on any atom is -0.467 e. The van der Waals surface area contributed by atoms with E-state index in [2.05, 4.69) is 20.7 Å². The Kier molecular flexibility index (Phi) is 8.09. The van der Waals surface area contributed by atoms with Crippen LogP contribution in [0.15, 0.2) is 23.4 Å². The standard InChI is InChI=1S/C19H21NO9/c1-4-5-15(29-24)12-6-7-16(14(8-12)20-23)27-18-10-13(26-11(2)21)9-17(28-18)19(22)25-3/h1,6-8,13,15,17-18,24H,5,9-10H2,2-3H3/t13?,15?,17-,18+/m0/s1. The highest BCUT2D eigenvalue weighted by Crippen LogP contribution is 2.35. The van der Waals surface area contributed by atoms with Crippen LogP contribution < -0.4 is 4.74 Å². The van der Waals surface area contributed by atoms with E-state index in [9.17, 15) is 14.5 Å². The van der Waals surface area contributed by atoms with E-state index >= 15 is 0 Å². The largest absolute Gasteiger partial charge is 0.467 e. The van der Waals surface area contributed by atoms with Crippen molar-refractivity contribution in [3.05, 3.63) is 28.7 Å². The number of carbonyl (C=O) groups excluding carboxylic acids is 2.